The summed E-state index contributed by atoms with van der Waals surface area (Å²) in [6.45, 7) is 2.39. The van der Waals surface area contributed by atoms with Crippen molar-refractivity contribution in [2.24, 2.45) is 0 Å². The summed E-state index contributed by atoms with van der Waals surface area (Å²) in [7, 11) is 0. The summed E-state index contributed by atoms with van der Waals surface area (Å²) in [6.07, 6.45) is 5.73. The smallest absolute Gasteiger partial charge is 0.337 e. The minimum Gasteiger partial charge on any atom is -0.337 e. The minimum atomic E-state index is -8.73. The number of amides is 1. The van der Waals surface area contributed by atoms with Crippen molar-refractivity contribution >= 4 is 5.91 Å². The zero-order chi connectivity index (χ0) is 40.7. The summed E-state index contributed by atoms with van der Waals surface area (Å²) < 4.78 is 234. The third-order valence-electron chi connectivity index (χ3n) is 8.84. The molecular formula is C33H50F17NO. The standard InChI is InChI=1S/C33H50F17NO/c1-3-5-7-9-11-13-15-17-19-21-23-51(24-22-20-18-16-14-12-10-8-6-4-2)25(52)26(34,35)27(36,37)28(38,39)29(40,41)30(42,43)31(44,45)32(46,47)33(48,49)50/h3-24H2,1-2H3. The summed E-state index contributed by atoms with van der Waals surface area (Å²) in [5.74, 6) is -61.1. The molecule has 0 radical (unpaired) electrons. The van der Waals surface area contributed by atoms with Crippen molar-refractivity contribution < 1.29 is 79.4 Å². The molecule has 0 atom stereocenters. The molecule has 1 amide bonds. The molecule has 0 bridgehead atoms. The van der Waals surface area contributed by atoms with Gasteiger partial charge in [-0.25, -0.2) is 0 Å². The Morgan fingerprint density at radius 3 is 0.846 bits per heavy atom. The number of rotatable bonds is 29. The quantitative estimate of drug-likeness (QED) is 0.0545. The van der Waals surface area contributed by atoms with Crippen LogP contribution < -0.4 is 0 Å². The fourth-order valence-corrected chi connectivity index (χ4v) is 5.39. The molecule has 0 aromatic heterocycles. The molecule has 0 aliphatic heterocycles. The van der Waals surface area contributed by atoms with Gasteiger partial charge < -0.3 is 4.90 Å². The number of carbonyl (C=O) groups is 1. The molecule has 52 heavy (non-hydrogen) atoms. The Morgan fingerprint density at radius 1 is 0.346 bits per heavy atom. The molecule has 0 N–H and O–H groups in total. The van der Waals surface area contributed by atoms with Crippen molar-refractivity contribution in [1.82, 2.24) is 4.90 Å². The Kier molecular flexibility index (Phi) is 20.1. The van der Waals surface area contributed by atoms with E-state index in [1.165, 1.54) is 0 Å². The van der Waals surface area contributed by atoms with E-state index in [1.54, 1.807) is 0 Å². The van der Waals surface area contributed by atoms with Crippen LogP contribution in [-0.4, -0.2) is 71.5 Å². The van der Waals surface area contributed by atoms with Gasteiger partial charge >= 0.3 is 47.6 Å². The van der Waals surface area contributed by atoms with Crippen molar-refractivity contribution in [1.29, 1.82) is 0 Å². The van der Waals surface area contributed by atoms with Gasteiger partial charge in [-0.3, -0.25) is 4.79 Å². The Bertz CT molecular complexity index is 991. The second kappa shape index (κ2) is 20.8. The first-order valence-electron chi connectivity index (χ1n) is 17.7. The number of alkyl halides is 17. The first-order chi connectivity index (χ1) is 23.7. The molecule has 2 nitrogen and oxygen atoms in total. The molecule has 0 saturated carbocycles. The minimum absolute atomic E-state index is 0.0951. The van der Waals surface area contributed by atoms with Gasteiger partial charge in [0.15, 0.2) is 0 Å². The fourth-order valence-electron chi connectivity index (χ4n) is 5.39. The van der Waals surface area contributed by atoms with Crippen LogP contribution in [0.1, 0.15) is 142 Å². The molecule has 0 spiro atoms. The zero-order valence-electron chi connectivity index (χ0n) is 29.3. The summed E-state index contributed by atoms with van der Waals surface area (Å²) in [5.41, 5.74) is 0. The average molecular weight is 800 g/mol. The van der Waals surface area contributed by atoms with Crippen LogP contribution in [0.4, 0.5) is 74.6 Å². The molecule has 0 unspecified atom stereocenters. The SMILES string of the molecule is CCCCCCCCCCCCN(CCCCCCCCCCCC)C(=O)C(F)(F)C(F)(F)C(F)(F)C(F)(F)C(F)(F)C(F)(F)C(F)(F)C(F)(F)F. The number of hydrogen-bond donors (Lipinski definition) is 0. The molecule has 19 heteroatoms. The predicted molar refractivity (Wildman–Crippen MR) is 161 cm³/mol. The van der Waals surface area contributed by atoms with Crippen molar-refractivity contribution in [2.45, 2.75) is 190 Å². The van der Waals surface area contributed by atoms with Gasteiger partial charge in [0.1, 0.15) is 0 Å². The maximum Gasteiger partial charge on any atom is 0.460 e. The van der Waals surface area contributed by atoms with Crippen molar-refractivity contribution in [2.75, 3.05) is 13.1 Å². The van der Waals surface area contributed by atoms with Gasteiger partial charge in [-0.2, -0.15) is 74.6 Å². The van der Waals surface area contributed by atoms with E-state index >= 15 is 0 Å². The normalized spacial score (nSPS) is 14.3. The van der Waals surface area contributed by atoms with Crippen LogP contribution in [-0.2, 0) is 4.79 Å². The van der Waals surface area contributed by atoms with E-state index in [2.05, 4.69) is 0 Å². The molecule has 0 rings (SSSR count). The third kappa shape index (κ3) is 11.9. The third-order valence-corrected chi connectivity index (χ3v) is 8.84. The molecule has 0 saturated heterocycles. The van der Waals surface area contributed by atoms with E-state index in [4.69, 9.17) is 0 Å². The van der Waals surface area contributed by atoms with E-state index in [0.29, 0.717) is 25.7 Å². The van der Waals surface area contributed by atoms with Crippen LogP contribution >= 0.6 is 0 Å². The number of unbranched alkanes of at least 4 members (excludes halogenated alkanes) is 18. The maximum absolute atomic E-state index is 14.9. The molecule has 0 aromatic carbocycles. The summed E-state index contributed by atoms with van der Waals surface area (Å²) >= 11 is 0. The van der Waals surface area contributed by atoms with Gasteiger partial charge in [0.25, 0.3) is 5.91 Å². The van der Waals surface area contributed by atoms with Gasteiger partial charge in [0.2, 0.25) is 0 Å². The van der Waals surface area contributed by atoms with Crippen LogP contribution in [0.3, 0.4) is 0 Å². The van der Waals surface area contributed by atoms with Crippen molar-refractivity contribution in [3.05, 3.63) is 0 Å². The van der Waals surface area contributed by atoms with E-state index in [-0.39, 0.29) is 30.6 Å². The lowest BCUT2D eigenvalue weighted by Crippen LogP contribution is -2.75. The van der Waals surface area contributed by atoms with E-state index < -0.39 is 66.6 Å². The lowest BCUT2D eigenvalue weighted by atomic mass is 9.88. The van der Waals surface area contributed by atoms with Crippen molar-refractivity contribution in [3.63, 3.8) is 0 Å². The highest BCUT2D eigenvalue weighted by atomic mass is 19.4. The number of hydrogen-bond acceptors (Lipinski definition) is 1. The van der Waals surface area contributed by atoms with Gasteiger partial charge in [0.05, 0.1) is 0 Å². The Hall–Kier alpha value is -1.72. The van der Waals surface area contributed by atoms with Gasteiger partial charge in [-0.1, -0.05) is 129 Å². The molecular weight excluding hydrogens is 749 g/mol. The Morgan fingerprint density at radius 2 is 0.577 bits per heavy atom. The highest BCUT2D eigenvalue weighted by Crippen LogP contribution is 2.64. The summed E-state index contributed by atoms with van der Waals surface area (Å²) in [5, 5.41) is 0. The van der Waals surface area contributed by atoms with Crippen LogP contribution in [0.2, 0.25) is 0 Å². The van der Waals surface area contributed by atoms with Gasteiger partial charge in [-0.05, 0) is 12.8 Å². The fraction of sp³-hybridized carbons (Fsp3) is 0.970. The van der Waals surface area contributed by atoms with Crippen LogP contribution in [0, 0.1) is 0 Å². The molecule has 0 aromatic rings. The number of halogens is 17. The molecule has 0 fully saturated rings. The Balaban J connectivity index is 6.04. The Labute approximate surface area is 293 Å². The summed E-state index contributed by atoms with van der Waals surface area (Å²) in [6, 6.07) is 0. The van der Waals surface area contributed by atoms with E-state index in [0.717, 1.165) is 77.0 Å². The van der Waals surface area contributed by atoms with Crippen LogP contribution in [0.5, 0.6) is 0 Å². The number of nitrogens with zero attached hydrogens (tertiary/aromatic N) is 1. The zero-order valence-corrected chi connectivity index (χ0v) is 29.3. The van der Waals surface area contributed by atoms with Crippen LogP contribution in [0.15, 0.2) is 0 Å². The second-order valence-electron chi connectivity index (χ2n) is 13.2. The lowest BCUT2D eigenvalue weighted by Gasteiger charge is -2.43. The lowest BCUT2D eigenvalue weighted by molar-refractivity contribution is -0.459. The maximum atomic E-state index is 14.9. The van der Waals surface area contributed by atoms with E-state index in [1.807, 2.05) is 13.8 Å². The highest BCUT2D eigenvalue weighted by molar-refractivity contribution is 5.85. The monoisotopic (exact) mass is 799 g/mol. The molecule has 0 aliphatic rings. The van der Waals surface area contributed by atoms with E-state index in [9.17, 15) is 79.4 Å². The van der Waals surface area contributed by atoms with Gasteiger partial charge in [-0.15, -0.1) is 0 Å². The highest BCUT2D eigenvalue weighted by Gasteiger charge is 2.95. The first kappa shape index (κ1) is 50.3. The van der Waals surface area contributed by atoms with Crippen molar-refractivity contribution in [3.8, 4) is 0 Å². The molecule has 312 valence electrons. The van der Waals surface area contributed by atoms with Crippen LogP contribution in [0.25, 0.3) is 0 Å². The largest absolute Gasteiger partial charge is 0.460 e. The topological polar surface area (TPSA) is 20.3 Å². The second-order valence-corrected chi connectivity index (χ2v) is 13.2. The molecule has 0 heterocycles. The molecule has 0 aliphatic carbocycles. The summed E-state index contributed by atoms with van der Waals surface area (Å²) in [4.78, 5) is 12.5. The average Bonchev–Trinajstić information content (AvgIpc) is 3.03. The van der Waals surface area contributed by atoms with Gasteiger partial charge in [0, 0.05) is 13.1 Å². The first-order valence-corrected chi connectivity index (χ1v) is 17.7. The number of carbonyl (C=O) groups excluding carboxylic acids is 1. The predicted octanol–water partition coefficient (Wildman–Crippen LogP) is 13.7.